The van der Waals surface area contributed by atoms with Crippen LogP contribution in [0.4, 0.5) is 4.20 Å². The van der Waals surface area contributed by atoms with Crippen molar-refractivity contribution in [1.29, 1.82) is 0 Å². The van der Waals surface area contributed by atoms with Crippen molar-refractivity contribution < 1.29 is 13.2 Å². The zero-order valence-electron chi connectivity index (χ0n) is 20.7. The van der Waals surface area contributed by atoms with Gasteiger partial charge < -0.3 is 4.52 Å². The van der Waals surface area contributed by atoms with E-state index in [-0.39, 0.29) is 10.8 Å². The first-order valence-corrected chi connectivity index (χ1v) is 13.0. The highest BCUT2D eigenvalue weighted by molar-refractivity contribution is 7.41. The van der Waals surface area contributed by atoms with Crippen LogP contribution in [0, 0.1) is 0 Å². The fourth-order valence-corrected chi connectivity index (χ4v) is 4.31. The predicted molar refractivity (Wildman–Crippen MR) is 130 cm³/mol. The predicted octanol–water partition coefficient (Wildman–Crippen LogP) is 9.79. The zero-order chi connectivity index (χ0) is 22.6. The third-order valence-corrected chi connectivity index (χ3v) is 6.20. The van der Waals surface area contributed by atoms with E-state index in [1.807, 2.05) is 18.2 Å². The molecule has 0 heterocycles. The van der Waals surface area contributed by atoms with Gasteiger partial charge in [-0.1, -0.05) is 124 Å². The normalized spacial score (nSPS) is 13.5. The number of hydrogen-bond donors (Lipinski definition) is 0. The minimum atomic E-state index is -2.42. The first kappa shape index (κ1) is 27.4. The number of hydrogen-bond acceptors (Lipinski definition) is 2. The smallest absolute Gasteiger partial charge is 0.423 e. The van der Waals surface area contributed by atoms with Gasteiger partial charge in [0.1, 0.15) is 5.75 Å². The van der Waals surface area contributed by atoms with E-state index in [9.17, 15) is 4.20 Å². The highest BCUT2D eigenvalue weighted by atomic mass is 31.2. The van der Waals surface area contributed by atoms with E-state index >= 15 is 0 Å². The first-order chi connectivity index (χ1) is 14.1. The van der Waals surface area contributed by atoms with Crippen molar-refractivity contribution in [3.8, 4) is 5.75 Å². The molecule has 0 fully saturated rings. The standard InChI is InChI=1S/C26H46FO2P/c1-8-9-10-11-12-13-14-15-16-17-21-28-30(27)29-24-22(25(2,3)4)19-18-20-23(24)26(5,6)7/h18-20H,8-17,21H2,1-7H3. The molecule has 0 aliphatic heterocycles. The van der Waals surface area contributed by atoms with Gasteiger partial charge >= 0.3 is 8.69 Å². The molecule has 0 amide bonds. The molecule has 30 heavy (non-hydrogen) atoms. The maximum absolute atomic E-state index is 14.6. The van der Waals surface area contributed by atoms with E-state index < -0.39 is 8.69 Å². The van der Waals surface area contributed by atoms with Gasteiger partial charge in [0, 0.05) is 11.1 Å². The molecular weight excluding hydrogens is 394 g/mol. The van der Waals surface area contributed by atoms with Crippen molar-refractivity contribution in [3.63, 3.8) is 0 Å². The van der Waals surface area contributed by atoms with Crippen LogP contribution in [-0.2, 0) is 15.4 Å². The molecule has 0 saturated carbocycles. The lowest BCUT2D eigenvalue weighted by Crippen LogP contribution is -2.18. The third kappa shape index (κ3) is 10.6. The highest BCUT2D eigenvalue weighted by Crippen LogP contribution is 2.48. The molecule has 0 saturated heterocycles. The maximum atomic E-state index is 14.6. The van der Waals surface area contributed by atoms with Crippen molar-refractivity contribution in [2.45, 2.75) is 124 Å². The van der Waals surface area contributed by atoms with Gasteiger partial charge in [0.05, 0.1) is 6.61 Å². The lowest BCUT2D eigenvalue weighted by atomic mass is 9.80. The highest BCUT2D eigenvalue weighted by Gasteiger charge is 2.29. The Morgan fingerprint density at radius 2 is 1.17 bits per heavy atom. The van der Waals surface area contributed by atoms with Gasteiger partial charge in [-0.15, -0.1) is 4.20 Å². The SMILES string of the molecule is CCCCCCCCCCCCOP(F)Oc1c(C(C)(C)C)cccc1C(C)(C)C. The Labute approximate surface area is 187 Å². The Balaban J connectivity index is 2.42. The Morgan fingerprint density at radius 1 is 0.733 bits per heavy atom. The summed E-state index contributed by atoms with van der Waals surface area (Å²) in [6.07, 6.45) is 12.6. The molecule has 0 radical (unpaired) electrons. The van der Waals surface area contributed by atoms with Gasteiger partial charge in [-0.2, -0.15) is 0 Å². The molecule has 1 aromatic carbocycles. The van der Waals surface area contributed by atoms with Crippen LogP contribution in [0.3, 0.4) is 0 Å². The van der Waals surface area contributed by atoms with Crippen molar-refractivity contribution in [3.05, 3.63) is 29.3 Å². The molecule has 0 aromatic heterocycles. The molecule has 0 bridgehead atoms. The Morgan fingerprint density at radius 3 is 1.60 bits per heavy atom. The van der Waals surface area contributed by atoms with Gasteiger partial charge in [0.2, 0.25) is 0 Å². The average Bonchev–Trinajstić information content (AvgIpc) is 2.64. The van der Waals surface area contributed by atoms with E-state index in [2.05, 4.69) is 48.5 Å². The topological polar surface area (TPSA) is 18.5 Å². The largest absolute Gasteiger partial charge is 0.439 e. The summed E-state index contributed by atoms with van der Waals surface area (Å²) < 4.78 is 25.8. The second-order valence-electron chi connectivity index (χ2n) is 10.5. The van der Waals surface area contributed by atoms with Crippen LogP contribution >= 0.6 is 8.69 Å². The molecule has 0 N–H and O–H groups in total. The Bertz CT molecular complexity index is 557. The second-order valence-corrected chi connectivity index (χ2v) is 11.4. The molecular formula is C26H46FO2P. The third-order valence-electron chi connectivity index (χ3n) is 5.48. The fourth-order valence-electron chi connectivity index (χ4n) is 3.64. The van der Waals surface area contributed by atoms with Gasteiger partial charge in [-0.25, -0.2) is 0 Å². The molecule has 1 aromatic rings. The summed E-state index contributed by atoms with van der Waals surface area (Å²) in [5, 5.41) is 0. The van der Waals surface area contributed by atoms with Crippen LogP contribution in [0.15, 0.2) is 18.2 Å². The number of benzene rings is 1. The summed E-state index contributed by atoms with van der Waals surface area (Å²) in [4.78, 5) is 0. The van der Waals surface area contributed by atoms with Gasteiger partial charge in [-0.05, 0) is 17.3 Å². The molecule has 0 spiro atoms. The van der Waals surface area contributed by atoms with Crippen molar-refractivity contribution in [2.75, 3.05) is 6.61 Å². The summed E-state index contributed by atoms with van der Waals surface area (Å²) in [6, 6.07) is 6.12. The molecule has 1 rings (SSSR count). The molecule has 2 nitrogen and oxygen atoms in total. The van der Waals surface area contributed by atoms with Crippen LogP contribution in [0.2, 0.25) is 0 Å². The van der Waals surface area contributed by atoms with E-state index in [0.29, 0.717) is 12.4 Å². The van der Waals surface area contributed by atoms with E-state index in [0.717, 1.165) is 24.0 Å². The Hall–Kier alpha value is -0.660. The van der Waals surface area contributed by atoms with Gasteiger partial charge in [-0.3, -0.25) is 4.52 Å². The van der Waals surface area contributed by atoms with E-state index in [1.54, 1.807) is 0 Å². The lowest BCUT2D eigenvalue weighted by Gasteiger charge is -2.29. The molecule has 0 aliphatic rings. The lowest BCUT2D eigenvalue weighted by molar-refractivity contribution is 0.275. The van der Waals surface area contributed by atoms with Crippen molar-refractivity contribution in [2.24, 2.45) is 0 Å². The maximum Gasteiger partial charge on any atom is 0.439 e. The van der Waals surface area contributed by atoms with Crippen LogP contribution in [0.1, 0.15) is 124 Å². The number of rotatable bonds is 14. The van der Waals surface area contributed by atoms with Crippen LogP contribution in [0.25, 0.3) is 0 Å². The summed E-state index contributed by atoms with van der Waals surface area (Å²) in [5.74, 6) is 0.661. The second kappa shape index (κ2) is 13.7. The minimum Gasteiger partial charge on any atom is -0.423 e. The van der Waals surface area contributed by atoms with Gasteiger partial charge in [0.15, 0.2) is 0 Å². The molecule has 174 valence electrons. The van der Waals surface area contributed by atoms with Crippen molar-refractivity contribution >= 4 is 8.69 Å². The molecule has 1 atom stereocenters. The number of halogens is 1. The van der Waals surface area contributed by atoms with Crippen LogP contribution < -0.4 is 4.52 Å². The van der Waals surface area contributed by atoms with E-state index in [4.69, 9.17) is 9.05 Å². The summed E-state index contributed by atoms with van der Waals surface area (Å²) >= 11 is 0. The molecule has 4 heteroatoms. The van der Waals surface area contributed by atoms with E-state index in [1.165, 1.54) is 51.4 Å². The summed E-state index contributed by atoms with van der Waals surface area (Å²) in [5.41, 5.74) is 1.82. The Kier molecular flexibility index (Phi) is 12.5. The quantitative estimate of drug-likeness (QED) is 0.212. The number of unbranched alkanes of at least 4 members (excludes halogenated alkanes) is 9. The molecule has 0 aliphatic carbocycles. The number of para-hydroxylation sites is 1. The van der Waals surface area contributed by atoms with Crippen LogP contribution in [-0.4, -0.2) is 6.61 Å². The first-order valence-electron chi connectivity index (χ1n) is 12.0. The summed E-state index contributed by atoms with van der Waals surface area (Å²) in [6.45, 7) is 15.5. The average molecular weight is 441 g/mol. The van der Waals surface area contributed by atoms with Crippen molar-refractivity contribution in [1.82, 2.24) is 0 Å². The van der Waals surface area contributed by atoms with Crippen LogP contribution in [0.5, 0.6) is 5.75 Å². The summed E-state index contributed by atoms with van der Waals surface area (Å²) in [7, 11) is -2.42. The zero-order valence-corrected chi connectivity index (χ0v) is 21.5. The monoisotopic (exact) mass is 440 g/mol. The minimum absolute atomic E-state index is 0.122. The molecule has 1 unspecified atom stereocenters. The fraction of sp³-hybridized carbons (Fsp3) is 0.769. The van der Waals surface area contributed by atoms with Gasteiger partial charge in [0.25, 0.3) is 0 Å².